The number of hydrogen-bond acceptors (Lipinski definition) is 2. The minimum Gasteiger partial charge on any atom is -0.480 e. The Kier molecular flexibility index (Phi) is 3.36. The third-order valence-corrected chi connectivity index (χ3v) is 3.58. The van der Waals surface area contributed by atoms with Crippen molar-refractivity contribution in [3.63, 3.8) is 0 Å². The van der Waals surface area contributed by atoms with Crippen LogP contribution in [0.3, 0.4) is 0 Å². The molecule has 0 aliphatic carbocycles. The smallest absolute Gasteiger partial charge is 0.323 e. The van der Waals surface area contributed by atoms with E-state index in [2.05, 4.69) is 6.92 Å². The standard InChI is InChI=1S/C14H17NO3/c1-14(11-5-3-2-4-6-11)8-7-12(16)15(10-14)9-13(17)18/h2-6H,7-10H2,1H3,(H,17,18)/t14-/m1/s1. The van der Waals surface area contributed by atoms with Crippen LogP contribution in [0.15, 0.2) is 30.3 Å². The lowest BCUT2D eigenvalue weighted by molar-refractivity contribution is -0.146. The van der Waals surface area contributed by atoms with Gasteiger partial charge in [-0.3, -0.25) is 9.59 Å². The number of amides is 1. The fourth-order valence-electron chi connectivity index (χ4n) is 2.51. The SMILES string of the molecule is C[C@@]1(c2ccccc2)CCC(=O)N(CC(=O)O)C1. The molecule has 0 bridgehead atoms. The molecule has 4 heteroatoms. The molecule has 0 unspecified atom stereocenters. The molecule has 1 atom stereocenters. The van der Waals surface area contributed by atoms with Crippen molar-refractivity contribution >= 4 is 11.9 Å². The highest BCUT2D eigenvalue weighted by molar-refractivity contribution is 5.82. The number of carbonyl (C=O) groups is 2. The van der Waals surface area contributed by atoms with Crippen LogP contribution >= 0.6 is 0 Å². The summed E-state index contributed by atoms with van der Waals surface area (Å²) in [7, 11) is 0. The van der Waals surface area contributed by atoms with Crippen LogP contribution in [0.5, 0.6) is 0 Å². The maximum atomic E-state index is 11.7. The van der Waals surface area contributed by atoms with Crippen molar-refractivity contribution in [1.29, 1.82) is 0 Å². The van der Waals surface area contributed by atoms with Gasteiger partial charge in [-0.05, 0) is 12.0 Å². The lowest BCUT2D eigenvalue weighted by atomic mass is 9.76. The van der Waals surface area contributed by atoms with Gasteiger partial charge in [-0.15, -0.1) is 0 Å². The molecule has 1 amide bonds. The van der Waals surface area contributed by atoms with Crippen LogP contribution in [0.2, 0.25) is 0 Å². The molecule has 0 aromatic heterocycles. The summed E-state index contributed by atoms with van der Waals surface area (Å²) < 4.78 is 0. The number of hydrogen-bond donors (Lipinski definition) is 1. The summed E-state index contributed by atoms with van der Waals surface area (Å²) in [5.74, 6) is -1.02. The molecule has 1 saturated heterocycles. The van der Waals surface area contributed by atoms with E-state index in [0.29, 0.717) is 13.0 Å². The summed E-state index contributed by atoms with van der Waals surface area (Å²) in [5.41, 5.74) is 1.01. The molecule has 1 N–H and O–H groups in total. The van der Waals surface area contributed by atoms with E-state index in [1.54, 1.807) is 0 Å². The van der Waals surface area contributed by atoms with Crippen molar-refractivity contribution in [1.82, 2.24) is 4.90 Å². The van der Waals surface area contributed by atoms with Crippen LogP contribution in [0.1, 0.15) is 25.3 Å². The Morgan fingerprint density at radius 1 is 1.39 bits per heavy atom. The van der Waals surface area contributed by atoms with Crippen molar-refractivity contribution in [2.45, 2.75) is 25.2 Å². The minimum atomic E-state index is -0.958. The molecule has 0 spiro atoms. The highest BCUT2D eigenvalue weighted by Gasteiger charge is 2.36. The number of carbonyl (C=O) groups excluding carboxylic acids is 1. The molecule has 2 rings (SSSR count). The highest BCUT2D eigenvalue weighted by Crippen LogP contribution is 2.33. The largest absolute Gasteiger partial charge is 0.480 e. The van der Waals surface area contributed by atoms with Crippen LogP contribution in [0, 0.1) is 0 Å². The zero-order chi connectivity index (χ0) is 13.2. The third kappa shape index (κ3) is 2.53. The van der Waals surface area contributed by atoms with E-state index in [0.717, 1.165) is 12.0 Å². The second kappa shape index (κ2) is 4.80. The number of carboxylic acids is 1. The van der Waals surface area contributed by atoms with Crippen LogP contribution < -0.4 is 0 Å². The molecule has 1 fully saturated rings. The Balaban J connectivity index is 2.20. The molecule has 1 aromatic rings. The van der Waals surface area contributed by atoms with E-state index in [4.69, 9.17) is 5.11 Å². The Labute approximate surface area is 106 Å². The molecule has 1 heterocycles. The summed E-state index contributed by atoms with van der Waals surface area (Å²) in [6, 6.07) is 9.97. The summed E-state index contributed by atoms with van der Waals surface area (Å²) in [6.07, 6.45) is 1.19. The second-order valence-electron chi connectivity index (χ2n) is 5.07. The van der Waals surface area contributed by atoms with Gasteiger partial charge in [0, 0.05) is 18.4 Å². The maximum absolute atomic E-state index is 11.7. The van der Waals surface area contributed by atoms with Gasteiger partial charge in [-0.1, -0.05) is 37.3 Å². The number of likely N-dealkylation sites (tertiary alicyclic amines) is 1. The third-order valence-electron chi connectivity index (χ3n) is 3.58. The monoisotopic (exact) mass is 247 g/mol. The first kappa shape index (κ1) is 12.6. The van der Waals surface area contributed by atoms with Gasteiger partial charge in [-0.25, -0.2) is 0 Å². The molecular formula is C14H17NO3. The van der Waals surface area contributed by atoms with E-state index in [9.17, 15) is 9.59 Å². The van der Waals surface area contributed by atoms with Gasteiger partial charge in [0.25, 0.3) is 0 Å². The fraction of sp³-hybridized carbons (Fsp3) is 0.429. The van der Waals surface area contributed by atoms with Gasteiger partial charge in [0.15, 0.2) is 0 Å². The molecular weight excluding hydrogens is 230 g/mol. The quantitative estimate of drug-likeness (QED) is 0.883. The zero-order valence-electron chi connectivity index (χ0n) is 10.4. The number of carboxylic acid groups (broad SMARTS) is 1. The van der Waals surface area contributed by atoms with E-state index < -0.39 is 5.97 Å². The summed E-state index contributed by atoms with van der Waals surface area (Å²) in [6.45, 7) is 2.35. The molecule has 1 aromatic carbocycles. The van der Waals surface area contributed by atoms with Gasteiger partial charge < -0.3 is 10.0 Å². The molecule has 0 radical (unpaired) electrons. The van der Waals surface area contributed by atoms with Crippen molar-refractivity contribution in [2.75, 3.05) is 13.1 Å². The Hall–Kier alpha value is -1.84. The van der Waals surface area contributed by atoms with E-state index in [-0.39, 0.29) is 17.9 Å². The van der Waals surface area contributed by atoms with Gasteiger partial charge in [0.2, 0.25) is 5.91 Å². The van der Waals surface area contributed by atoms with Gasteiger partial charge in [0.05, 0.1) is 0 Å². The first-order valence-corrected chi connectivity index (χ1v) is 6.06. The summed E-state index contributed by atoms with van der Waals surface area (Å²) in [4.78, 5) is 23.9. The number of piperidine rings is 1. The minimum absolute atomic E-state index is 0.0641. The molecule has 96 valence electrons. The molecule has 1 aliphatic heterocycles. The normalized spacial score (nSPS) is 24.1. The van der Waals surface area contributed by atoms with Gasteiger partial charge in [-0.2, -0.15) is 0 Å². The van der Waals surface area contributed by atoms with E-state index in [1.807, 2.05) is 30.3 Å². The zero-order valence-corrected chi connectivity index (χ0v) is 10.4. The number of benzene rings is 1. The predicted octanol–water partition coefficient (Wildman–Crippen LogP) is 1.65. The number of rotatable bonds is 3. The van der Waals surface area contributed by atoms with Crippen LogP contribution in [0.25, 0.3) is 0 Å². The van der Waals surface area contributed by atoms with Crippen molar-refractivity contribution < 1.29 is 14.7 Å². The van der Waals surface area contributed by atoms with Crippen LogP contribution in [0.4, 0.5) is 0 Å². The number of nitrogens with zero attached hydrogens (tertiary/aromatic N) is 1. The van der Waals surface area contributed by atoms with E-state index in [1.165, 1.54) is 4.90 Å². The van der Waals surface area contributed by atoms with Crippen molar-refractivity contribution in [3.05, 3.63) is 35.9 Å². The Morgan fingerprint density at radius 3 is 2.67 bits per heavy atom. The average Bonchev–Trinajstić information content (AvgIpc) is 2.35. The molecule has 0 saturated carbocycles. The molecule has 1 aliphatic rings. The summed E-state index contributed by atoms with van der Waals surface area (Å²) in [5, 5.41) is 8.83. The average molecular weight is 247 g/mol. The molecule has 18 heavy (non-hydrogen) atoms. The van der Waals surface area contributed by atoms with Gasteiger partial charge >= 0.3 is 5.97 Å². The lowest BCUT2D eigenvalue weighted by Gasteiger charge is -2.40. The highest BCUT2D eigenvalue weighted by atomic mass is 16.4. The van der Waals surface area contributed by atoms with E-state index >= 15 is 0 Å². The lowest BCUT2D eigenvalue weighted by Crippen LogP contribution is -2.49. The first-order valence-electron chi connectivity index (χ1n) is 6.06. The summed E-state index contributed by atoms with van der Waals surface area (Å²) >= 11 is 0. The van der Waals surface area contributed by atoms with Crippen molar-refractivity contribution in [2.24, 2.45) is 0 Å². The van der Waals surface area contributed by atoms with Crippen LogP contribution in [-0.2, 0) is 15.0 Å². The van der Waals surface area contributed by atoms with Crippen molar-refractivity contribution in [3.8, 4) is 0 Å². The molecule has 4 nitrogen and oxygen atoms in total. The van der Waals surface area contributed by atoms with Crippen LogP contribution in [-0.4, -0.2) is 35.0 Å². The maximum Gasteiger partial charge on any atom is 0.323 e. The topological polar surface area (TPSA) is 57.6 Å². The number of aliphatic carboxylic acids is 1. The second-order valence-corrected chi connectivity index (χ2v) is 5.07. The predicted molar refractivity (Wildman–Crippen MR) is 67.2 cm³/mol. The Bertz CT molecular complexity index is 457. The fourth-order valence-corrected chi connectivity index (χ4v) is 2.51. The first-order chi connectivity index (χ1) is 8.51. The Morgan fingerprint density at radius 2 is 2.06 bits per heavy atom. The van der Waals surface area contributed by atoms with Gasteiger partial charge in [0.1, 0.15) is 6.54 Å².